The smallest absolute Gasteiger partial charge is 0.251 e. The molecule has 122 valence electrons. The van der Waals surface area contributed by atoms with E-state index >= 15 is 0 Å². The Morgan fingerprint density at radius 2 is 1.75 bits per heavy atom. The Bertz CT molecular complexity index is 846. The van der Waals surface area contributed by atoms with Crippen LogP contribution in [0.1, 0.15) is 22.0 Å². The van der Waals surface area contributed by atoms with Crippen LogP contribution in [-0.4, -0.2) is 23.8 Å². The van der Waals surface area contributed by atoms with E-state index in [0.29, 0.717) is 5.56 Å². The molecular weight excluding hydrogens is 318 g/mol. The molecule has 2 N–H and O–H groups in total. The molecule has 0 heterocycles. The summed E-state index contributed by atoms with van der Waals surface area (Å²) in [6.45, 7) is 0.185. The number of fused-ring (bicyclic) bond motifs is 1. The average molecular weight is 337 g/mol. The van der Waals surface area contributed by atoms with Gasteiger partial charge in [0.05, 0.1) is 6.10 Å². The second-order valence-corrected chi connectivity index (χ2v) is 6.44. The quantitative estimate of drug-likeness (QED) is 0.691. The minimum atomic E-state index is -0.717. The van der Waals surface area contributed by atoms with Crippen LogP contribution in [0.25, 0.3) is 10.8 Å². The molecule has 0 saturated heterocycles. The molecule has 1 atom stereocenters. The van der Waals surface area contributed by atoms with E-state index in [1.807, 2.05) is 66.9 Å². The molecule has 3 nitrogen and oxygen atoms in total. The van der Waals surface area contributed by atoms with Crippen molar-refractivity contribution in [3.8, 4) is 0 Å². The van der Waals surface area contributed by atoms with Crippen molar-refractivity contribution in [1.82, 2.24) is 5.32 Å². The Hall–Kier alpha value is -2.30. The zero-order valence-electron chi connectivity index (χ0n) is 13.4. The lowest BCUT2D eigenvalue weighted by Crippen LogP contribution is -2.28. The summed E-state index contributed by atoms with van der Waals surface area (Å²) in [5.74, 6) is -0.180. The Labute approximate surface area is 145 Å². The Balaban J connectivity index is 1.65. The molecular formula is C20H19NO2S. The first-order valence-corrected chi connectivity index (χ1v) is 8.99. The van der Waals surface area contributed by atoms with E-state index in [2.05, 4.69) is 5.32 Å². The fourth-order valence-electron chi connectivity index (χ4n) is 2.57. The third-order valence-electron chi connectivity index (χ3n) is 3.97. The van der Waals surface area contributed by atoms with Crippen molar-refractivity contribution in [2.45, 2.75) is 11.0 Å². The van der Waals surface area contributed by atoms with Crippen LogP contribution in [0.5, 0.6) is 0 Å². The maximum absolute atomic E-state index is 12.3. The maximum Gasteiger partial charge on any atom is 0.251 e. The minimum absolute atomic E-state index is 0.180. The van der Waals surface area contributed by atoms with Crippen molar-refractivity contribution >= 4 is 28.4 Å². The summed E-state index contributed by atoms with van der Waals surface area (Å²) >= 11 is 1.65. The van der Waals surface area contributed by atoms with Gasteiger partial charge in [0.2, 0.25) is 0 Å². The number of carbonyl (C=O) groups is 1. The number of amides is 1. The number of hydrogen-bond acceptors (Lipinski definition) is 3. The molecule has 0 aromatic heterocycles. The number of nitrogens with one attached hydrogen (secondary N) is 1. The number of thioether (sulfide) groups is 1. The van der Waals surface area contributed by atoms with Gasteiger partial charge in [-0.3, -0.25) is 4.79 Å². The van der Waals surface area contributed by atoms with Gasteiger partial charge in [0.15, 0.2) is 0 Å². The molecule has 0 spiro atoms. The molecule has 3 aromatic carbocycles. The third-order valence-corrected chi connectivity index (χ3v) is 4.71. The number of carbonyl (C=O) groups excluding carboxylic acids is 1. The monoisotopic (exact) mass is 337 g/mol. The number of aliphatic hydroxyl groups excluding tert-OH is 1. The van der Waals surface area contributed by atoms with E-state index in [9.17, 15) is 9.90 Å². The highest BCUT2D eigenvalue weighted by atomic mass is 32.2. The maximum atomic E-state index is 12.3. The number of aliphatic hydroxyl groups is 1. The highest BCUT2D eigenvalue weighted by Gasteiger charge is 2.11. The van der Waals surface area contributed by atoms with Crippen LogP contribution >= 0.6 is 11.8 Å². The first-order chi connectivity index (χ1) is 11.7. The predicted molar refractivity (Wildman–Crippen MR) is 99.5 cm³/mol. The molecule has 0 aliphatic heterocycles. The van der Waals surface area contributed by atoms with Gasteiger partial charge < -0.3 is 10.4 Å². The highest BCUT2D eigenvalue weighted by Crippen LogP contribution is 2.19. The predicted octanol–water partition coefficient (Wildman–Crippen LogP) is 4.03. The standard InChI is InChI=1S/C20H19NO2S/c1-24-18-10-8-15(9-11-18)19(22)13-21-20(23)17-7-6-14-4-2-3-5-16(14)12-17/h2-12,19,22H,13H2,1H3,(H,21,23). The van der Waals surface area contributed by atoms with Crippen LogP contribution in [0.3, 0.4) is 0 Å². The van der Waals surface area contributed by atoms with Gasteiger partial charge in [-0.1, -0.05) is 42.5 Å². The van der Waals surface area contributed by atoms with Crippen LogP contribution in [0.2, 0.25) is 0 Å². The number of benzene rings is 3. The molecule has 4 heteroatoms. The Kier molecular flexibility index (Phi) is 5.18. The summed E-state index contributed by atoms with van der Waals surface area (Å²) in [4.78, 5) is 13.4. The number of rotatable bonds is 5. The fourth-order valence-corrected chi connectivity index (χ4v) is 2.97. The van der Waals surface area contributed by atoms with Crippen molar-refractivity contribution < 1.29 is 9.90 Å². The molecule has 1 unspecified atom stereocenters. The van der Waals surface area contributed by atoms with Gasteiger partial charge in [0.25, 0.3) is 5.91 Å². The molecule has 0 bridgehead atoms. The molecule has 24 heavy (non-hydrogen) atoms. The van der Waals surface area contributed by atoms with Crippen molar-refractivity contribution in [3.05, 3.63) is 77.9 Å². The molecule has 0 saturated carbocycles. The van der Waals surface area contributed by atoms with E-state index in [4.69, 9.17) is 0 Å². The second kappa shape index (κ2) is 7.51. The van der Waals surface area contributed by atoms with Crippen LogP contribution in [0.4, 0.5) is 0 Å². The van der Waals surface area contributed by atoms with Gasteiger partial charge in [0.1, 0.15) is 0 Å². The molecule has 3 rings (SSSR count). The van der Waals surface area contributed by atoms with E-state index < -0.39 is 6.10 Å². The normalized spacial score (nSPS) is 12.1. The molecule has 3 aromatic rings. The van der Waals surface area contributed by atoms with Crippen LogP contribution in [0, 0.1) is 0 Å². The average Bonchev–Trinajstić information content (AvgIpc) is 2.65. The topological polar surface area (TPSA) is 49.3 Å². The summed E-state index contributed by atoms with van der Waals surface area (Å²) in [6, 6.07) is 21.2. The summed E-state index contributed by atoms with van der Waals surface area (Å²) < 4.78 is 0. The molecule has 0 aliphatic carbocycles. The third kappa shape index (κ3) is 3.78. The lowest BCUT2D eigenvalue weighted by molar-refractivity contribution is 0.0916. The van der Waals surface area contributed by atoms with Crippen molar-refractivity contribution in [3.63, 3.8) is 0 Å². The second-order valence-electron chi connectivity index (χ2n) is 5.56. The van der Waals surface area contributed by atoms with Gasteiger partial charge >= 0.3 is 0 Å². The highest BCUT2D eigenvalue weighted by molar-refractivity contribution is 7.98. The van der Waals surface area contributed by atoms with E-state index in [0.717, 1.165) is 21.2 Å². The van der Waals surface area contributed by atoms with E-state index in [1.165, 1.54) is 0 Å². The van der Waals surface area contributed by atoms with Gasteiger partial charge in [-0.15, -0.1) is 11.8 Å². The van der Waals surface area contributed by atoms with Gasteiger partial charge in [-0.25, -0.2) is 0 Å². The minimum Gasteiger partial charge on any atom is -0.387 e. The summed E-state index contributed by atoms with van der Waals surface area (Å²) in [7, 11) is 0. The van der Waals surface area contributed by atoms with Gasteiger partial charge in [0, 0.05) is 17.0 Å². The zero-order valence-corrected chi connectivity index (χ0v) is 14.2. The largest absolute Gasteiger partial charge is 0.387 e. The van der Waals surface area contributed by atoms with Crippen molar-refractivity contribution in [2.75, 3.05) is 12.8 Å². The lowest BCUT2D eigenvalue weighted by atomic mass is 10.1. The zero-order chi connectivity index (χ0) is 16.9. The Morgan fingerprint density at radius 3 is 2.46 bits per heavy atom. The SMILES string of the molecule is CSc1ccc(C(O)CNC(=O)c2ccc3ccccc3c2)cc1. The number of hydrogen-bond donors (Lipinski definition) is 2. The van der Waals surface area contributed by atoms with Crippen molar-refractivity contribution in [1.29, 1.82) is 0 Å². The van der Waals surface area contributed by atoms with E-state index in [1.54, 1.807) is 17.8 Å². The van der Waals surface area contributed by atoms with Crippen LogP contribution in [0.15, 0.2) is 71.6 Å². The Morgan fingerprint density at radius 1 is 1.04 bits per heavy atom. The summed E-state index contributed by atoms with van der Waals surface area (Å²) in [5.41, 5.74) is 1.39. The fraction of sp³-hybridized carbons (Fsp3) is 0.150. The molecule has 0 aliphatic rings. The van der Waals surface area contributed by atoms with Gasteiger partial charge in [-0.05, 0) is 46.9 Å². The lowest BCUT2D eigenvalue weighted by Gasteiger charge is -2.13. The van der Waals surface area contributed by atoms with Crippen LogP contribution in [-0.2, 0) is 0 Å². The summed E-state index contributed by atoms with van der Waals surface area (Å²) in [6.07, 6.45) is 1.29. The first-order valence-electron chi connectivity index (χ1n) is 7.76. The van der Waals surface area contributed by atoms with Gasteiger partial charge in [-0.2, -0.15) is 0 Å². The van der Waals surface area contributed by atoms with Crippen LogP contribution < -0.4 is 5.32 Å². The summed E-state index contributed by atoms with van der Waals surface area (Å²) in [5, 5.41) is 15.2. The molecule has 0 radical (unpaired) electrons. The molecule has 1 amide bonds. The first kappa shape index (κ1) is 16.6. The molecule has 0 fully saturated rings. The van der Waals surface area contributed by atoms with E-state index in [-0.39, 0.29) is 12.5 Å². The van der Waals surface area contributed by atoms with Crippen molar-refractivity contribution in [2.24, 2.45) is 0 Å².